The number of aromatic nitrogens is 3. The van der Waals surface area contributed by atoms with Crippen LogP contribution in [0.1, 0.15) is 44.4 Å². The van der Waals surface area contributed by atoms with Crippen LogP contribution in [0.25, 0.3) is 32.9 Å². The number of benzene rings is 2. The van der Waals surface area contributed by atoms with Crippen LogP contribution >= 0.6 is 0 Å². The predicted molar refractivity (Wildman–Crippen MR) is 180 cm³/mol. The van der Waals surface area contributed by atoms with E-state index >= 15 is 4.39 Å². The second-order valence-electron chi connectivity index (χ2n) is 13.6. The number of phenolic OH excluding ortho intramolecular Hbond substituents is 1. The number of alkyl halides is 2. The molecule has 0 aliphatic carbocycles. The normalized spacial score (nSPS) is 24.0. The number of nitrogens with zero attached hydrogens (tertiary/aromatic N) is 5. The van der Waals surface area contributed by atoms with E-state index in [2.05, 4.69) is 32.0 Å². The summed E-state index contributed by atoms with van der Waals surface area (Å²) in [6.07, 6.45) is 11.4. The van der Waals surface area contributed by atoms with Crippen LogP contribution in [0.2, 0.25) is 0 Å². The van der Waals surface area contributed by atoms with Gasteiger partial charge in [-0.05, 0) is 61.9 Å². The average molecular weight is 673 g/mol. The number of phenols is 1. The summed E-state index contributed by atoms with van der Waals surface area (Å²) in [5.74, 6) is 2.48. The van der Waals surface area contributed by atoms with Gasteiger partial charge in [0.15, 0.2) is 5.82 Å². The minimum atomic E-state index is -2.55. The Morgan fingerprint density at radius 3 is 2.49 bits per heavy atom. The minimum absolute atomic E-state index is 0.0235. The molecule has 0 radical (unpaired) electrons. The summed E-state index contributed by atoms with van der Waals surface area (Å²) in [5, 5.41) is 14.9. The molecule has 2 N–H and O–H groups in total. The average Bonchev–Trinajstić information content (AvgIpc) is 3.43. The fraction of sp³-hybridized carbons (Fsp3) is 0.432. The number of hydrogen-bond acceptors (Lipinski definition) is 8. The number of halogens is 4. The van der Waals surface area contributed by atoms with Gasteiger partial charge in [0.2, 0.25) is 6.43 Å². The van der Waals surface area contributed by atoms with Crippen molar-refractivity contribution in [2.75, 3.05) is 44.2 Å². The third-order valence-electron chi connectivity index (χ3n) is 10.4. The molecule has 3 aliphatic rings. The smallest absolute Gasteiger partial charge is 0.319 e. The quantitative estimate of drug-likeness (QED) is 0.191. The van der Waals surface area contributed by atoms with E-state index < -0.39 is 29.4 Å². The maximum atomic E-state index is 17.1. The highest BCUT2D eigenvalue weighted by Crippen LogP contribution is 2.42. The predicted octanol–water partition coefficient (Wildman–Crippen LogP) is 5.72. The molecule has 0 amide bonds. The molecule has 8 nitrogen and oxygen atoms in total. The zero-order valence-electron chi connectivity index (χ0n) is 27.2. The first-order valence-electron chi connectivity index (χ1n) is 16.5. The lowest BCUT2D eigenvalue weighted by Gasteiger charge is -2.45. The zero-order valence-corrected chi connectivity index (χ0v) is 27.2. The first kappa shape index (κ1) is 32.9. The molecule has 3 fully saturated rings. The van der Waals surface area contributed by atoms with E-state index in [1.54, 1.807) is 6.92 Å². The number of pyridine rings is 1. The van der Waals surface area contributed by atoms with E-state index in [1.807, 2.05) is 11.8 Å². The van der Waals surface area contributed by atoms with Gasteiger partial charge in [-0.2, -0.15) is 9.97 Å². The van der Waals surface area contributed by atoms with Crippen LogP contribution in [0.3, 0.4) is 0 Å². The van der Waals surface area contributed by atoms with Crippen molar-refractivity contribution in [1.82, 2.24) is 25.2 Å². The lowest BCUT2D eigenvalue weighted by Crippen LogP contribution is -2.52. The second kappa shape index (κ2) is 12.7. The third-order valence-corrected chi connectivity index (χ3v) is 10.4. The Balaban J connectivity index is 1.42. The minimum Gasteiger partial charge on any atom is -0.508 e. The van der Waals surface area contributed by atoms with Gasteiger partial charge in [-0.25, -0.2) is 22.5 Å². The molecule has 4 atom stereocenters. The Morgan fingerprint density at radius 2 is 1.82 bits per heavy atom. The lowest BCUT2D eigenvalue weighted by atomic mass is 9.73. The molecule has 7 rings (SSSR count). The molecule has 254 valence electrons. The lowest BCUT2D eigenvalue weighted by molar-refractivity contribution is -0.0721. The number of piperidine rings is 1. The van der Waals surface area contributed by atoms with Gasteiger partial charge in [-0.15, -0.1) is 12.8 Å². The first-order valence-corrected chi connectivity index (χ1v) is 16.5. The molecule has 0 spiro atoms. The van der Waals surface area contributed by atoms with Crippen LogP contribution in [0.5, 0.6) is 11.8 Å². The van der Waals surface area contributed by atoms with Crippen molar-refractivity contribution in [2.24, 2.45) is 11.3 Å². The summed E-state index contributed by atoms with van der Waals surface area (Å²) < 4.78 is 66.7. The molecule has 4 aromatic rings. The van der Waals surface area contributed by atoms with Gasteiger partial charge in [0, 0.05) is 54.0 Å². The molecular formula is C37H36F4N6O2. The topological polar surface area (TPSA) is 86.6 Å². The van der Waals surface area contributed by atoms with E-state index in [0.29, 0.717) is 50.3 Å². The summed E-state index contributed by atoms with van der Waals surface area (Å²) in [4.78, 5) is 17.9. The number of fused-ring (bicyclic) bond motifs is 4. The Morgan fingerprint density at radius 1 is 1.06 bits per heavy atom. The number of piperazine rings is 1. The van der Waals surface area contributed by atoms with Crippen LogP contribution in [-0.2, 0) is 0 Å². The van der Waals surface area contributed by atoms with Crippen LogP contribution in [0.4, 0.5) is 23.4 Å². The molecule has 3 aliphatic heterocycles. The highest BCUT2D eigenvalue weighted by molar-refractivity contribution is 6.04. The third kappa shape index (κ3) is 5.77. The summed E-state index contributed by atoms with van der Waals surface area (Å²) in [5.41, 5.74) is -1.50. The molecule has 2 aromatic carbocycles. The van der Waals surface area contributed by atoms with Gasteiger partial charge < -0.3 is 25.0 Å². The Labute approximate surface area is 281 Å². The number of likely N-dealkylation sites (tertiary alicyclic amines) is 1. The Kier molecular flexibility index (Phi) is 8.50. The van der Waals surface area contributed by atoms with Crippen LogP contribution in [0, 0.1) is 47.7 Å². The molecule has 2 aromatic heterocycles. The van der Waals surface area contributed by atoms with Gasteiger partial charge in [-0.3, -0.25) is 0 Å². The molecule has 49 heavy (non-hydrogen) atoms. The molecule has 0 saturated carbocycles. The van der Waals surface area contributed by atoms with Gasteiger partial charge in [-0.1, -0.05) is 25.8 Å². The van der Waals surface area contributed by atoms with Crippen LogP contribution in [0.15, 0.2) is 24.3 Å². The number of ether oxygens (including phenoxy) is 1. The van der Waals surface area contributed by atoms with E-state index in [-0.39, 0.29) is 69.3 Å². The van der Waals surface area contributed by atoms with E-state index in [0.717, 1.165) is 12.8 Å². The van der Waals surface area contributed by atoms with Crippen molar-refractivity contribution >= 4 is 27.5 Å². The van der Waals surface area contributed by atoms with Gasteiger partial charge in [0.1, 0.15) is 34.3 Å². The van der Waals surface area contributed by atoms with E-state index in [9.17, 15) is 18.3 Å². The number of rotatable bonds is 7. The summed E-state index contributed by atoms with van der Waals surface area (Å²) in [7, 11) is 0. The van der Waals surface area contributed by atoms with Crippen LogP contribution in [-0.4, -0.2) is 82.8 Å². The molecule has 3 saturated heterocycles. The Bertz CT molecular complexity index is 2030. The van der Waals surface area contributed by atoms with Gasteiger partial charge >= 0.3 is 6.01 Å². The second-order valence-corrected chi connectivity index (χ2v) is 13.6. The van der Waals surface area contributed by atoms with Gasteiger partial charge in [0.05, 0.1) is 17.6 Å². The standard InChI is InChI=1S/C37H36F4N6O2/c1-5-24-27(38)11-8-20-14-23(48)15-25(29(20)24)32-31(39)33-30(28(6-2)43-32)35(47-16-21-9-10-22(17-47)42-21)45-36(44-33)49-19-37(4)18-46(7-3)13-12-26(37)34(40)41/h1-2,8,11,14-15,21-22,26,34,42,48H,7,9-10,12-13,16-19H2,3-4H3/t21-,22+,26-,37+/m1/s1. The number of aromatic hydroxyl groups is 1. The van der Waals surface area contributed by atoms with Crippen molar-refractivity contribution in [3.05, 3.63) is 47.2 Å². The number of terminal acetylenes is 2. The van der Waals surface area contributed by atoms with Crippen molar-refractivity contribution in [3.8, 4) is 47.7 Å². The number of nitrogens with one attached hydrogen (secondary N) is 1. The fourth-order valence-electron chi connectivity index (χ4n) is 7.89. The van der Waals surface area contributed by atoms with Crippen molar-refractivity contribution in [3.63, 3.8) is 0 Å². The largest absolute Gasteiger partial charge is 0.508 e. The first-order chi connectivity index (χ1) is 23.5. The number of hydrogen-bond donors (Lipinski definition) is 2. The highest BCUT2D eigenvalue weighted by Gasteiger charge is 2.45. The summed E-state index contributed by atoms with van der Waals surface area (Å²) >= 11 is 0. The maximum absolute atomic E-state index is 17.1. The zero-order chi connectivity index (χ0) is 34.6. The highest BCUT2D eigenvalue weighted by atomic mass is 19.3. The van der Waals surface area contributed by atoms with E-state index in [1.165, 1.54) is 24.3 Å². The van der Waals surface area contributed by atoms with Crippen molar-refractivity contribution < 1.29 is 27.4 Å². The van der Waals surface area contributed by atoms with Crippen molar-refractivity contribution in [1.29, 1.82) is 0 Å². The SMILES string of the molecule is C#Cc1c(F)ccc2cc(O)cc(-c3nc(C#C)c4c(N5C[C@H]6CC[C@@H](C5)N6)nc(OC[C@]5(C)CN(CC)CC[C@@H]5C(F)F)nc4c3F)c12. The molecule has 12 heteroatoms. The van der Waals surface area contributed by atoms with Gasteiger partial charge in [0.25, 0.3) is 0 Å². The Hall–Kier alpha value is -4.65. The monoisotopic (exact) mass is 672 g/mol. The van der Waals surface area contributed by atoms with E-state index in [4.69, 9.17) is 22.6 Å². The maximum Gasteiger partial charge on any atom is 0.319 e. The van der Waals surface area contributed by atoms with Crippen LogP contribution < -0.4 is 15.0 Å². The molecule has 2 bridgehead atoms. The molecule has 5 heterocycles. The van der Waals surface area contributed by atoms with Crippen molar-refractivity contribution in [2.45, 2.75) is 51.6 Å². The molecule has 0 unspecified atom stereocenters. The molecular weight excluding hydrogens is 636 g/mol. The fourth-order valence-corrected chi connectivity index (χ4v) is 7.89. The summed E-state index contributed by atoms with van der Waals surface area (Å²) in [6.45, 7) is 6.42. The summed E-state index contributed by atoms with van der Waals surface area (Å²) in [6, 6.07) is 5.42. The number of anilines is 1.